The Hall–Kier alpha value is -2.70. The first kappa shape index (κ1) is 30.9. The van der Waals surface area contributed by atoms with Crippen molar-refractivity contribution in [1.29, 1.82) is 0 Å². The summed E-state index contributed by atoms with van der Waals surface area (Å²) in [7, 11) is 0. The summed E-state index contributed by atoms with van der Waals surface area (Å²) in [4.78, 5) is 41.6. The molecule has 0 saturated carbocycles. The van der Waals surface area contributed by atoms with E-state index in [2.05, 4.69) is 47.5 Å². The molecule has 2 bridgehead atoms. The number of nitrogens with one attached hydrogen (secondary N) is 1. The molecular formula is C19H23N11O11P2S2. The number of nitrogens with two attached hydrogens (primary N) is 2. The zero-order chi connectivity index (χ0) is 31.8. The van der Waals surface area contributed by atoms with Crippen LogP contribution in [0.25, 0.3) is 22.3 Å². The molecule has 242 valence electrons. The Morgan fingerprint density at radius 3 is 2.56 bits per heavy atom. The lowest BCUT2D eigenvalue weighted by molar-refractivity contribution is -0.0615. The molecule has 0 aromatic carbocycles. The van der Waals surface area contributed by atoms with Crippen molar-refractivity contribution in [3.8, 4) is 0 Å². The van der Waals surface area contributed by atoms with Gasteiger partial charge in [-0.1, -0.05) is 17.5 Å². The Morgan fingerprint density at radius 1 is 1.00 bits per heavy atom. The van der Waals surface area contributed by atoms with E-state index >= 15 is 0 Å². The van der Waals surface area contributed by atoms with Crippen LogP contribution in [0.4, 0.5) is 11.8 Å². The molecule has 7 rings (SSSR count). The number of imidazole rings is 1. The molecule has 0 aliphatic carbocycles. The number of aliphatic hydroxyl groups excluding tert-OH is 2. The van der Waals surface area contributed by atoms with Crippen molar-refractivity contribution < 1.29 is 47.2 Å². The topological polar surface area (TPSA) is 305 Å². The maximum absolute atomic E-state index is 13.5. The number of fused-ring (bicyclic) bond motifs is 5. The molecular weight excluding hydrogens is 684 g/mol. The second-order valence-electron chi connectivity index (χ2n) is 10.0. The Balaban J connectivity index is 1.21. The molecule has 3 saturated heterocycles. The van der Waals surface area contributed by atoms with Crippen LogP contribution in [0.1, 0.15) is 12.5 Å². The van der Waals surface area contributed by atoms with Crippen molar-refractivity contribution in [3.63, 3.8) is 0 Å². The number of aromatic nitrogens is 9. The number of thiol groups is 1. The minimum Gasteiger partial charge on any atom is -0.387 e. The van der Waals surface area contributed by atoms with Gasteiger partial charge >= 0.3 is 13.5 Å². The molecule has 0 radical (unpaired) electrons. The summed E-state index contributed by atoms with van der Waals surface area (Å²) in [6.45, 7) is -9.75. The molecule has 0 amide bonds. The standard InChI is InChI=1S/C19H23N11O11P2S2/c20-13-7-14(23-3-22-13)30(28-27-7)17-10(32)11-6(39-17)2-37-43(35,45)41-12-9(31)5(1-36-42(34,44)40-11)38-18(12)29-4-24-8-15(29)25-19(21)26-16(8)33/h3-6,9-12,17-18,31-32H,1-2H2,(H,34,44)(H,35,45)(H2,20,22,23)(H3,21,25,26,33)/t5-,6-,9+,10+,11?,12?,17-,18-,42?,43?/m1/s1. The molecule has 4 unspecified atom stereocenters. The van der Waals surface area contributed by atoms with E-state index in [0.717, 1.165) is 11.0 Å². The van der Waals surface area contributed by atoms with Crippen molar-refractivity contribution in [1.82, 2.24) is 44.5 Å². The monoisotopic (exact) mass is 707 g/mol. The summed E-state index contributed by atoms with van der Waals surface area (Å²) >= 11 is 9.26. The Bertz CT molecular complexity index is 1940. The van der Waals surface area contributed by atoms with Crippen LogP contribution in [-0.4, -0.2) is 109 Å². The third-order valence-electron chi connectivity index (χ3n) is 7.19. The molecule has 0 spiro atoms. The van der Waals surface area contributed by atoms with Crippen LogP contribution in [0, 0.1) is 0 Å². The summed E-state index contributed by atoms with van der Waals surface area (Å²) in [6, 6.07) is 0. The molecule has 3 aliphatic rings. The van der Waals surface area contributed by atoms with Crippen molar-refractivity contribution in [2.45, 2.75) is 49.1 Å². The molecule has 10 atom stereocenters. The second-order valence-corrected chi connectivity index (χ2v) is 15.7. The quantitative estimate of drug-likeness (QED) is 0.0884. The normalized spacial score (nSPS) is 37.7. The van der Waals surface area contributed by atoms with E-state index in [-0.39, 0.29) is 34.1 Å². The minimum absolute atomic E-state index is 0.0281. The highest BCUT2D eigenvalue weighted by molar-refractivity contribution is 8.44. The smallest absolute Gasteiger partial charge is 0.386 e. The molecule has 3 fully saturated rings. The number of nitrogen functional groups attached to an aromatic ring is 2. The predicted octanol–water partition coefficient (Wildman–Crippen LogP) is -1.89. The number of ether oxygens (including phenoxy) is 2. The lowest BCUT2D eigenvalue weighted by Crippen LogP contribution is -2.36. The summed E-state index contributed by atoms with van der Waals surface area (Å²) in [5.41, 5.74) is 11.0. The van der Waals surface area contributed by atoms with E-state index < -0.39 is 81.4 Å². The van der Waals surface area contributed by atoms with Crippen molar-refractivity contribution >= 4 is 71.7 Å². The number of rotatable bonds is 2. The lowest BCUT2D eigenvalue weighted by atomic mass is 10.1. The minimum atomic E-state index is -4.38. The van der Waals surface area contributed by atoms with E-state index in [4.69, 9.17) is 50.8 Å². The van der Waals surface area contributed by atoms with Crippen LogP contribution in [0.15, 0.2) is 17.4 Å². The van der Waals surface area contributed by atoms with E-state index in [1.165, 1.54) is 10.9 Å². The van der Waals surface area contributed by atoms with Gasteiger partial charge in [-0.2, -0.15) is 9.67 Å². The fourth-order valence-corrected chi connectivity index (χ4v) is 8.07. The zero-order valence-electron chi connectivity index (χ0n) is 22.3. The van der Waals surface area contributed by atoms with Gasteiger partial charge in [0.05, 0.1) is 19.5 Å². The molecule has 26 heteroatoms. The molecule has 45 heavy (non-hydrogen) atoms. The van der Waals surface area contributed by atoms with Gasteiger partial charge < -0.3 is 40.6 Å². The third kappa shape index (κ3) is 5.54. The zero-order valence-corrected chi connectivity index (χ0v) is 25.8. The van der Waals surface area contributed by atoms with Gasteiger partial charge in [0.25, 0.3) is 5.56 Å². The molecule has 22 nitrogen and oxygen atoms in total. The molecule has 3 aliphatic heterocycles. The largest absolute Gasteiger partial charge is 0.387 e. The first-order valence-corrected chi connectivity index (χ1v) is 18.1. The summed E-state index contributed by atoms with van der Waals surface area (Å²) in [6.07, 6.45) is -8.91. The van der Waals surface area contributed by atoms with Gasteiger partial charge in [0.15, 0.2) is 40.6 Å². The highest BCUT2D eigenvalue weighted by Crippen LogP contribution is 2.58. The number of H-pyrrole nitrogens is 1. The van der Waals surface area contributed by atoms with Gasteiger partial charge in [-0.05, 0) is 11.8 Å². The lowest BCUT2D eigenvalue weighted by Gasteiger charge is -2.27. The first-order valence-electron chi connectivity index (χ1n) is 12.8. The van der Waals surface area contributed by atoms with Crippen LogP contribution in [0.5, 0.6) is 0 Å². The van der Waals surface area contributed by atoms with Gasteiger partial charge in [-0.25, -0.2) is 19.5 Å². The molecule has 4 aromatic heterocycles. The number of aliphatic hydroxyl groups is 2. The van der Waals surface area contributed by atoms with Crippen LogP contribution >= 0.6 is 25.8 Å². The van der Waals surface area contributed by atoms with Crippen LogP contribution < -0.4 is 17.0 Å². The number of nitrogens with zero attached hydrogens (tertiary/aromatic N) is 8. The van der Waals surface area contributed by atoms with Crippen LogP contribution in [0.2, 0.25) is 0 Å². The molecule has 8 N–H and O–H groups in total. The van der Waals surface area contributed by atoms with Gasteiger partial charge in [-0.15, -0.1) is 5.10 Å². The molecule has 4 aromatic rings. The average Bonchev–Trinajstić information content (AvgIpc) is 3.72. The number of aromatic amines is 1. The molecule has 7 heterocycles. The first-order chi connectivity index (χ1) is 21.3. The fraction of sp³-hybridized carbons (Fsp3) is 0.526. The maximum Gasteiger partial charge on any atom is 0.386 e. The van der Waals surface area contributed by atoms with Gasteiger partial charge in [0.1, 0.15) is 43.0 Å². The Morgan fingerprint density at radius 2 is 1.76 bits per heavy atom. The summed E-state index contributed by atoms with van der Waals surface area (Å²) < 4.78 is 50.1. The number of hydrogen-bond acceptors (Lipinski definition) is 19. The SMILES string of the molecule is Nc1nc2c(ncn2[C@@H]2O[C@@H]3COP(O)(=S)OC4[C@@H](COP(=O)(S)OC2[C@H]3O)O[C@@H](n2nnc3c(N)ncnc32)[C@H]4O)c(=O)[nH]1. The second kappa shape index (κ2) is 11.2. The van der Waals surface area contributed by atoms with Crippen LogP contribution in [0.3, 0.4) is 0 Å². The third-order valence-corrected chi connectivity index (χ3v) is 10.4. The summed E-state index contributed by atoms with van der Waals surface area (Å²) in [5.74, 6) is -0.199. The van der Waals surface area contributed by atoms with Gasteiger partial charge in [0, 0.05) is 0 Å². The average molecular weight is 708 g/mol. The van der Waals surface area contributed by atoms with E-state index in [1.54, 1.807) is 0 Å². The van der Waals surface area contributed by atoms with Crippen molar-refractivity contribution in [2.24, 2.45) is 0 Å². The van der Waals surface area contributed by atoms with Gasteiger partial charge in [0.2, 0.25) is 5.95 Å². The number of anilines is 2. The van der Waals surface area contributed by atoms with Crippen LogP contribution in [-0.2, 0) is 43.9 Å². The van der Waals surface area contributed by atoms with E-state index in [9.17, 15) is 24.5 Å². The Labute approximate surface area is 259 Å². The maximum atomic E-state index is 13.5. The highest BCUT2D eigenvalue weighted by Gasteiger charge is 2.53. The van der Waals surface area contributed by atoms with Crippen molar-refractivity contribution in [2.75, 3.05) is 24.7 Å². The van der Waals surface area contributed by atoms with E-state index in [1.807, 2.05) is 0 Å². The van der Waals surface area contributed by atoms with E-state index in [0.29, 0.717) is 0 Å². The predicted molar refractivity (Wildman–Crippen MR) is 155 cm³/mol. The van der Waals surface area contributed by atoms with Crippen molar-refractivity contribution in [3.05, 3.63) is 23.0 Å². The summed E-state index contributed by atoms with van der Waals surface area (Å²) in [5, 5.41) is 30.2. The fourth-order valence-electron chi connectivity index (χ4n) is 5.17. The Kier molecular flexibility index (Phi) is 7.71. The number of hydrogen-bond donors (Lipinski definition) is 7. The van der Waals surface area contributed by atoms with Gasteiger partial charge in [-0.3, -0.25) is 27.9 Å². The highest BCUT2D eigenvalue weighted by atomic mass is 32.7.